The van der Waals surface area contributed by atoms with Gasteiger partial charge in [0.15, 0.2) is 0 Å². The second-order valence-corrected chi connectivity index (χ2v) is 7.44. The molecular weight excluding hydrogens is 264 g/mol. The Hall–Kier alpha value is -0.910. The maximum Gasteiger partial charge on any atom is 0.245 e. The Morgan fingerprint density at radius 1 is 1.11 bits per heavy atom. The summed E-state index contributed by atoms with van der Waals surface area (Å²) in [6, 6.07) is -0.124. The molecule has 1 unspecified atom stereocenters. The molecule has 3 rings (SSSR count). The van der Waals surface area contributed by atoms with E-state index in [1.165, 1.54) is 0 Å². The zero-order chi connectivity index (χ0) is 13.4. The molecule has 19 heavy (non-hydrogen) atoms. The summed E-state index contributed by atoms with van der Waals surface area (Å²) in [5.41, 5.74) is 0. The van der Waals surface area contributed by atoms with E-state index >= 15 is 0 Å². The normalized spacial score (nSPS) is 36.8. The third-order valence-corrected chi connectivity index (χ3v) is 5.72. The number of nitrogens with zero attached hydrogens (tertiary/aromatic N) is 1. The molecule has 1 atom stereocenters. The van der Waals surface area contributed by atoms with Crippen molar-refractivity contribution in [3.63, 3.8) is 0 Å². The van der Waals surface area contributed by atoms with E-state index < -0.39 is 10.8 Å². The van der Waals surface area contributed by atoms with Gasteiger partial charge in [0.2, 0.25) is 11.8 Å². The number of amides is 2. The Balaban J connectivity index is 1.73. The Bertz CT molecular complexity index is 412. The molecule has 3 aliphatic rings. The Kier molecular flexibility index (Phi) is 3.60. The topological polar surface area (TPSA) is 66.5 Å². The average molecular weight is 284 g/mol. The molecule has 1 saturated carbocycles. The highest BCUT2D eigenvalue weighted by molar-refractivity contribution is 7.85. The number of hydrogen-bond donors (Lipinski definition) is 1. The van der Waals surface area contributed by atoms with Crippen molar-refractivity contribution >= 4 is 22.6 Å². The van der Waals surface area contributed by atoms with Crippen LogP contribution in [0.25, 0.3) is 0 Å². The minimum absolute atomic E-state index is 0.00728. The lowest BCUT2D eigenvalue weighted by molar-refractivity contribution is -0.136. The Morgan fingerprint density at radius 3 is 2.42 bits per heavy atom. The van der Waals surface area contributed by atoms with Gasteiger partial charge in [-0.3, -0.25) is 13.8 Å². The van der Waals surface area contributed by atoms with Crippen molar-refractivity contribution in [2.24, 2.45) is 5.92 Å². The lowest BCUT2D eigenvalue weighted by Crippen LogP contribution is -2.51. The van der Waals surface area contributed by atoms with Crippen LogP contribution in [0.15, 0.2) is 0 Å². The van der Waals surface area contributed by atoms with Crippen LogP contribution in [-0.2, 0) is 20.4 Å². The van der Waals surface area contributed by atoms with Crippen molar-refractivity contribution in [1.82, 2.24) is 10.2 Å². The van der Waals surface area contributed by atoms with Crippen LogP contribution in [0.2, 0.25) is 0 Å². The number of carbonyl (C=O) groups excluding carboxylic acids is 2. The molecule has 3 fully saturated rings. The van der Waals surface area contributed by atoms with Crippen molar-refractivity contribution < 1.29 is 13.8 Å². The SMILES string of the molecule is O=C1CCN(C2CCS(=O)CC2)C(=O)C(C2CC2)N1. The van der Waals surface area contributed by atoms with Crippen LogP contribution >= 0.6 is 0 Å². The minimum atomic E-state index is -0.714. The molecule has 2 amide bonds. The smallest absolute Gasteiger partial charge is 0.245 e. The summed E-state index contributed by atoms with van der Waals surface area (Å²) in [6.07, 6.45) is 4.10. The molecule has 0 aromatic carbocycles. The van der Waals surface area contributed by atoms with Gasteiger partial charge < -0.3 is 10.2 Å². The fourth-order valence-electron chi connectivity index (χ4n) is 3.02. The van der Waals surface area contributed by atoms with Gasteiger partial charge in [-0.15, -0.1) is 0 Å². The molecule has 2 saturated heterocycles. The van der Waals surface area contributed by atoms with E-state index in [0.29, 0.717) is 30.4 Å². The number of rotatable bonds is 2. The fraction of sp³-hybridized carbons (Fsp3) is 0.846. The van der Waals surface area contributed by atoms with Crippen LogP contribution in [0, 0.1) is 5.92 Å². The summed E-state index contributed by atoms with van der Waals surface area (Å²) < 4.78 is 11.4. The molecule has 0 bridgehead atoms. The van der Waals surface area contributed by atoms with Crippen LogP contribution in [0.4, 0.5) is 0 Å². The molecule has 2 heterocycles. The van der Waals surface area contributed by atoms with Crippen LogP contribution in [0.5, 0.6) is 0 Å². The molecule has 6 heteroatoms. The van der Waals surface area contributed by atoms with E-state index in [4.69, 9.17) is 0 Å². The summed E-state index contributed by atoms with van der Waals surface area (Å²) in [5.74, 6) is 1.79. The third kappa shape index (κ3) is 2.83. The van der Waals surface area contributed by atoms with E-state index in [9.17, 15) is 13.8 Å². The largest absolute Gasteiger partial charge is 0.344 e. The van der Waals surface area contributed by atoms with Crippen LogP contribution in [-0.4, -0.2) is 51.1 Å². The van der Waals surface area contributed by atoms with E-state index in [1.54, 1.807) is 0 Å². The standard InChI is InChI=1S/C13H20N2O3S/c16-11-3-6-15(10-4-7-19(18)8-5-10)13(17)12(14-11)9-1-2-9/h9-10,12H,1-8H2,(H,14,16). The van der Waals surface area contributed by atoms with E-state index in [0.717, 1.165) is 25.7 Å². The summed E-state index contributed by atoms with van der Waals surface area (Å²) in [7, 11) is -0.714. The maximum absolute atomic E-state index is 12.6. The van der Waals surface area contributed by atoms with Crippen molar-refractivity contribution in [2.75, 3.05) is 18.1 Å². The molecule has 1 N–H and O–H groups in total. The van der Waals surface area contributed by atoms with Crippen molar-refractivity contribution in [1.29, 1.82) is 0 Å². The van der Waals surface area contributed by atoms with Crippen LogP contribution in [0.3, 0.4) is 0 Å². The van der Waals surface area contributed by atoms with Gasteiger partial charge in [-0.25, -0.2) is 0 Å². The number of nitrogens with one attached hydrogen (secondary N) is 1. The van der Waals surface area contributed by atoms with E-state index in [1.807, 2.05) is 4.90 Å². The van der Waals surface area contributed by atoms with Crippen molar-refractivity contribution in [3.8, 4) is 0 Å². The van der Waals surface area contributed by atoms with Gasteiger partial charge in [0.25, 0.3) is 0 Å². The molecule has 0 radical (unpaired) electrons. The highest BCUT2D eigenvalue weighted by Crippen LogP contribution is 2.35. The zero-order valence-electron chi connectivity index (χ0n) is 11.0. The maximum atomic E-state index is 12.6. The first-order valence-electron chi connectivity index (χ1n) is 7.10. The van der Waals surface area contributed by atoms with Gasteiger partial charge in [-0.2, -0.15) is 0 Å². The first-order chi connectivity index (χ1) is 9.15. The number of carbonyl (C=O) groups is 2. The van der Waals surface area contributed by atoms with Gasteiger partial charge in [0, 0.05) is 41.3 Å². The molecular formula is C13H20N2O3S. The van der Waals surface area contributed by atoms with Gasteiger partial charge in [0.1, 0.15) is 6.04 Å². The predicted molar refractivity (Wildman–Crippen MR) is 71.9 cm³/mol. The molecule has 106 valence electrons. The first kappa shape index (κ1) is 13.1. The van der Waals surface area contributed by atoms with E-state index in [2.05, 4.69) is 5.32 Å². The summed E-state index contributed by atoms with van der Waals surface area (Å²) >= 11 is 0. The first-order valence-corrected chi connectivity index (χ1v) is 8.59. The molecule has 5 nitrogen and oxygen atoms in total. The molecule has 0 aromatic heterocycles. The molecule has 1 aliphatic carbocycles. The second kappa shape index (κ2) is 5.23. The summed E-state index contributed by atoms with van der Waals surface area (Å²) in [6.45, 7) is 0.519. The fourth-order valence-corrected chi connectivity index (χ4v) is 4.30. The third-order valence-electron chi connectivity index (χ3n) is 4.34. The second-order valence-electron chi connectivity index (χ2n) is 5.74. The summed E-state index contributed by atoms with van der Waals surface area (Å²) in [5, 5.41) is 2.88. The highest BCUT2D eigenvalue weighted by atomic mass is 32.2. The lowest BCUT2D eigenvalue weighted by Gasteiger charge is -2.34. The molecule has 2 aliphatic heterocycles. The quantitative estimate of drug-likeness (QED) is 0.777. The van der Waals surface area contributed by atoms with Gasteiger partial charge >= 0.3 is 0 Å². The zero-order valence-corrected chi connectivity index (χ0v) is 11.8. The van der Waals surface area contributed by atoms with Crippen LogP contribution < -0.4 is 5.32 Å². The molecule has 0 spiro atoms. The van der Waals surface area contributed by atoms with Crippen molar-refractivity contribution in [3.05, 3.63) is 0 Å². The minimum Gasteiger partial charge on any atom is -0.344 e. The Morgan fingerprint density at radius 2 is 1.79 bits per heavy atom. The van der Waals surface area contributed by atoms with Crippen molar-refractivity contribution in [2.45, 2.75) is 44.2 Å². The predicted octanol–water partition coefficient (Wildman–Crippen LogP) is 0.0246. The Labute approximate surface area is 115 Å². The lowest BCUT2D eigenvalue weighted by atomic mass is 10.1. The monoisotopic (exact) mass is 284 g/mol. The molecule has 0 aromatic rings. The number of hydrogen-bond acceptors (Lipinski definition) is 3. The summed E-state index contributed by atoms with van der Waals surface area (Å²) in [4.78, 5) is 26.2. The van der Waals surface area contributed by atoms with Gasteiger partial charge in [-0.1, -0.05) is 0 Å². The van der Waals surface area contributed by atoms with E-state index in [-0.39, 0.29) is 23.9 Å². The highest BCUT2D eigenvalue weighted by Gasteiger charge is 2.42. The van der Waals surface area contributed by atoms with Crippen LogP contribution in [0.1, 0.15) is 32.1 Å². The average Bonchev–Trinajstić information content (AvgIpc) is 3.21. The van der Waals surface area contributed by atoms with Gasteiger partial charge in [0.05, 0.1) is 0 Å². The van der Waals surface area contributed by atoms with Gasteiger partial charge in [-0.05, 0) is 31.6 Å².